The molecule has 3 N–H and O–H groups in total. The predicted molar refractivity (Wildman–Crippen MR) is 76.6 cm³/mol. The van der Waals surface area contributed by atoms with E-state index >= 15 is 0 Å². The normalized spacial score (nSPS) is 36.9. The summed E-state index contributed by atoms with van der Waals surface area (Å²) in [6.45, 7) is 6.45. The third kappa shape index (κ3) is 2.83. The van der Waals surface area contributed by atoms with Crippen molar-refractivity contribution in [3.05, 3.63) is 0 Å². The fourth-order valence-electron chi connectivity index (χ4n) is 3.54. The van der Waals surface area contributed by atoms with Crippen LogP contribution in [0.2, 0.25) is 0 Å². The van der Waals surface area contributed by atoms with Crippen LogP contribution >= 0.6 is 12.4 Å². The molecule has 0 aromatic rings. The van der Waals surface area contributed by atoms with Crippen molar-refractivity contribution in [3.63, 3.8) is 0 Å². The number of hydrogen-bond acceptors (Lipinski definition) is 2. The van der Waals surface area contributed by atoms with E-state index in [-0.39, 0.29) is 36.3 Å². The van der Waals surface area contributed by atoms with E-state index in [0.29, 0.717) is 17.8 Å². The average molecular weight is 275 g/mol. The average Bonchev–Trinajstić information content (AvgIpc) is 2.87. The molecule has 2 rings (SSSR count). The van der Waals surface area contributed by atoms with Crippen LogP contribution in [0.15, 0.2) is 0 Å². The highest BCUT2D eigenvalue weighted by Gasteiger charge is 2.49. The first-order chi connectivity index (χ1) is 8.04. The highest BCUT2D eigenvalue weighted by molar-refractivity contribution is 5.85. The summed E-state index contributed by atoms with van der Waals surface area (Å²) < 4.78 is 0. The number of amides is 1. The number of nitrogens with one attached hydrogen (secondary N) is 1. The van der Waals surface area contributed by atoms with Gasteiger partial charge in [-0.05, 0) is 43.9 Å². The van der Waals surface area contributed by atoms with Gasteiger partial charge in [0.25, 0.3) is 0 Å². The monoisotopic (exact) mass is 274 g/mol. The molecule has 2 saturated carbocycles. The molecule has 2 fully saturated rings. The molecule has 0 radical (unpaired) electrons. The first-order valence-electron chi connectivity index (χ1n) is 7.10. The zero-order valence-corrected chi connectivity index (χ0v) is 12.5. The molecule has 18 heavy (non-hydrogen) atoms. The van der Waals surface area contributed by atoms with E-state index in [1.165, 1.54) is 19.3 Å². The second-order valence-corrected chi connectivity index (χ2v) is 6.12. The van der Waals surface area contributed by atoms with Crippen molar-refractivity contribution in [1.29, 1.82) is 0 Å². The number of halogens is 1. The van der Waals surface area contributed by atoms with E-state index in [9.17, 15) is 4.79 Å². The van der Waals surface area contributed by atoms with Crippen LogP contribution in [0.1, 0.15) is 46.5 Å². The van der Waals surface area contributed by atoms with Gasteiger partial charge in [-0.25, -0.2) is 0 Å². The van der Waals surface area contributed by atoms with Gasteiger partial charge in [0.1, 0.15) is 0 Å². The number of hydrogen-bond donors (Lipinski definition) is 2. The maximum atomic E-state index is 12.3. The van der Waals surface area contributed by atoms with Crippen molar-refractivity contribution in [2.45, 2.75) is 58.5 Å². The SMILES string of the molecule is CCC(C)C(C)NC(=O)C1C2CCC(C2)C1N.Cl. The highest BCUT2D eigenvalue weighted by atomic mass is 35.5. The van der Waals surface area contributed by atoms with Gasteiger partial charge < -0.3 is 11.1 Å². The van der Waals surface area contributed by atoms with Crippen molar-refractivity contribution < 1.29 is 4.79 Å². The molecule has 2 aliphatic rings. The third-order valence-corrected chi connectivity index (χ3v) is 5.15. The molecule has 2 aliphatic carbocycles. The Morgan fingerprint density at radius 1 is 1.33 bits per heavy atom. The van der Waals surface area contributed by atoms with Crippen molar-refractivity contribution in [2.24, 2.45) is 29.4 Å². The number of carbonyl (C=O) groups is 1. The number of fused-ring (bicyclic) bond motifs is 2. The van der Waals surface area contributed by atoms with E-state index < -0.39 is 0 Å². The van der Waals surface area contributed by atoms with Crippen molar-refractivity contribution in [1.82, 2.24) is 5.32 Å². The molecule has 2 bridgehead atoms. The Hall–Kier alpha value is -0.280. The fourth-order valence-corrected chi connectivity index (χ4v) is 3.54. The molecule has 0 saturated heterocycles. The molecule has 4 heteroatoms. The van der Waals surface area contributed by atoms with Crippen molar-refractivity contribution in [3.8, 4) is 0 Å². The topological polar surface area (TPSA) is 55.1 Å². The summed E-state index contributed by atoms with van der Waals surface area (Å²) in [5.41, 5.74) is 6.19. The standard InChI is InChI=1S/C14H26N2O.ClH/c1-4-8(2)9(3)16-14(17)12-10-5-6-11(7-10)13(12)15;/h8-13H,4-7,15H2,1-3H3,(H,16,17);1H. The quantitative estimate of drug-likeness (QED) is 0.827. The molecule has 6 unspecified atom stereocenters. The molecule has 0 aromatic carbocycles. The minimum Gasteiger partial charge on any atom is -0.353 e. The van der Waals surface area contributed by atoms with Gasteiger partial charge in [-0.2, -0.15) is 0 Å². The Bertz CT molecular complexity index is 296. The van der Waals surface area contributed by atoms with Crippen LogP contribution < -0.4 is 11.1 Å². The van der Waals surface area contributed by atoms with Gasteiger partial charge in [0, 0.05) is 12.1 Å². The molecule has 0 aromatic heterocycles. The van der Waals surface area contributed by atoms with Crippen LogP contribution in [-0.4, -0.2) is 18.0 Å². The molecule has 6 atom stereocenters. The number of rotatable bonds is 4. The van der Waals surface area contributed by atoms with Crippen LogP contribution in [0, 0.1) is 23.7 Å². The van der Waals surface area contributed by atoms with E-state index in [4.69, 9.17) is 5.73 Å². The molecule has 1 amide bonds. The second kappa shape index (κ2) is 6.25. The third-order valence-electron chi connectivity index (χ3n) is 5.15. The molecule has 106 valence electrons. The van der Waals surface area contributed by atoms with E-state index in [1.54, 1.807) is 0 Å². The summed E-state index contributed by atoms with van der Waals surface area (Å²) in [4.78, 5) is 12.3. The molecule has 0 heterocycles. The van der Waals surface area contributed by atoms with Gasteiger partial charge >= 0.3 is 0 Å². The van der Waals surface area contributed by atoms with Gasteiger partial charge in [0.05, 0.1) is 5.92 Å². The Labute approximate surface area is 117 Å². The number of nitrogens with two attached hydrogens (primary N) is 1. The van der Waals surface area contributed by atoms with Gasteiger partial charge in [0.15, 0.2) is 0 Å². The zero-order valence-electron chi connectivity index (χ0n) is 11.7. The minimum absolute atomic E-state index is 0. The Balaban J connectivity index is 0.00000162. The summed E-state index contributed by atoms with van der Waals surface area (Å²) >= 11 is 0. The maximum Gasteiger partial charge on any atom is 0.225 e. The van der Waals surface area contributed by atoms with E-state index in [1.807, 2.05) is 0 Å². The first kappa shape index (κ1) is 15.8. The maximum absolute atomic E-state index is 12.3. The van der Waals surface area contributed by atoms with E-state index in [0.717, 1.165) is 6.42 Å². The lowest BCUT2D eigenvalue weighted by Crippen LogP contribution is -2.48. The second-order valence-electron chi connectivity index (χ2n) is 6.12. The smallest absolute Gasteiger partial charge is 0.225 e. The summed E-state index contributed by atoms with van der Waals surface area (Å²) in [7, 11) is 0. The van der Waals surface area contributed by atoms with Crippen molar-refractivity contribution in [2.75, 3.05) is 0 Å². The minimum atomic E-state index is 0. The molecule has 3 nitrogen and oxygen atoms in total. The zero-order chi connectivity index (χ0) is 12.6. The molecular formula is C14H27ClN2O. The molecule has 0 spiro atoms. The molecular weight excluding hydrogens is 248 g/mol. The van der Waals surface area contributed by atoms with Crippen LogP contribution in [-0.2, 0) is 4.79 Å². The first-order valence-corrected chi connectivity index (χ1v) is 7.10. The predicted octanol–water partition coefficient (Wildman–Crippen LogP) is 2.33. The van der Waals surface area contributed by atoms with Crippen LogP contribution in [0.5, 0.6) is 0 Å². The molecule has 0 aliphatic heterocycles. The van der Waals surface area contributed by atoms with Gasteiger partial charge in [-0.1, -0.05) is 20.3 Å². The van der Waals surface area contributed by atoms with Gasteiger partial charge in [-0.3, -0.25) is 4.79 Å². The highest BCUT2D eigenvalue weighted by Crippen LogP contribution is 2.47. The lowest BCUT2D eigenvalue weighted by Gasteiger charge is -2.29. The van der Waals surface area contributed by atoms with Crippen molar-refractivity contribution >= 4 is 18.3 Å². The summed E-state index contributed by atoms with van der Waals surface area (Å²) in [5.74, 6) is 1.99. The van der Waals surface area contributed by atoms with Crippen LogP contribution in [0.4, 0.5) is 0 Å². The van der Waals surface area contributed by atoms with Gasteiger partial charge in [0.2, 0.25) is 5.91 Å². The lowest BCUT2D eigenvalue weighted by atomic mass is 9.84. The van der Waals surface area contributed by atoms with E-state index in [2.05, 4.69) is 26.1 Å². The Morgan fingerprint density at radius 3 is 2.44 bits per heavy atom. The summed E-state index contributed by atoms with van der Waals surface area (Å²) in [5, 5.41) is 3.17. The number of carbonyl (C=O) groups excluding carboxylic acids is 1. The largest absolute Gasteiger partial charge is 0.353 e. The van der Waals surface area contributed by atoms with Crippen LogP contribution in [0.25, 0.3) is 0 Å². The Kier molecular flexibility index (Phi) is 5.47. The van der Waals surface area contributed by atoms with Crippen LogP contribution in [0.3, 0.4) is 0 Å². The summed E-state index contributed by atoms with van der Waals surface area (Å²) in [6, 6.07) is 0.372. The summed E-state index contributed by atoms with van der Waals surface area (Å²) in [6.07, 6.45) is 4.71. The fraction of sp³-hybridized carbons (Fsp3) is 0.929. The lowest BCUT2D eigenvalue weighted by molar-refractivity contribution is -0.128. The Morgan fingerprint density at radius 2 is 1.94 bits per heavy atom. The van der Waals surface area contributed by atoms with Gasteiger partial charge in [-0.15, -0.1) is 12.4 Å².